The van der Waals surface area contributed by atoms with E-state index in [-0.39, 0.29) is 11.7 Å². The Morgan fingerprint density at radius 3 is 2.65 bits per heavy atom. The molecule has 1 amide bonds. The van der Waals surface area contributed by atoms with Crippen molar-refractivity contribution in [2.75, 3.05) is 19.6 Å². The SMILES string of the molecule is O=C(c1cccc(O)c1)N(CC1CCNCC1)C1CC1. The first kappa shape index (κ1) is 13.4. The number of phenolic OH excluding ortho intramolecular Hbond substituents is 1. The fraction of sp³-hybridized carbons (Fsp3) is 0.562. The first-order valence-electron chi connectivity index (χ1n) is 7.55. The van der Waals surface area contributed by atoms with Crippen LogP contribution in [0.1, 0.15) is 36.0 Å². The van der Waals surface area contributed by atoms with Gasteiger partial charge in [-0.25, -0.2) is 0 Å². The Kier molecular flexibility index (Phi) is 3.92. The number of hydrogen-bond acceptors (Lipinski definition) is 3. The number of hydrogen-bond donors (Lipinski definition) is 2. The van der Waals surface area contributed by atoms with Crippen LogP contribution in [0.15, 0.2) is 24.3 Å². The fourth-order valence-corrected chi connectivity index (χ4v) is 2.93. The Hall–Kier alpha value is -1.55. The van der Waals surface area contributed by atoms with E-state index in [0.717, 1.165) is 45.3 Å². The summed E-state index contributed by atoms with van der Waals surface area (Å²) < 4.78 is 0. The van der Waals surface area contributed by atoms with Crippen LogP contribution in [-0.4, -0.2) is 41.6 Å². The summed E-state index contributed by atoms with van der Waals surface area (Å²) in [7, 11) is 0. The number of rotatable bonds is 4. The van der Waals surface area contributed by atoms with Gasteiger partial charge in [0.05, 0.1) is 0 Å². The molecule has 4 heteroatoms. The van der Waals surface area contributed by atoms with E-state index in [1.807, 2.05) is 4.90 Å². The standard InChI is InChI=1S/C16H22N2O2/c19-15-3-1-2-13(10-15)16(20)18(14-4-5-14)11-12-6-8-17-9-7-12/h1-3,10,12,14,17,19H,4-9,11H2. The summed E-state index contributed by atoms with van der Waals surface area (Å²) in [4.78, 5) is 14.7. The van der Waals surface area contributed by atoms with E-state index in [9.17, 15) is 9.90 Å². The molecule has 2 aliphatic rings. The van der Waals surface area contributed by atoms with Gasteiger partial charge in [-0.15, -0.1) is 0 Å². The Balaban J connectivity index is 1.71. The third kappa shape index (κ3) is 3.12. The third-order valence-corrected chi connectivity index (χ3v) is 4.26. The molecule has 0 aromatic heterocycles. The predicted octanol–water partition coefficient (Wildman–Crippen LogP) is 2.00. The smallest absolute Gasteiger partial charge is 0.254 e. The molecule has 1 aromatic rings. The van der Waals surface area contributed by atoms with Gasteiger partial charge in [-0.1, -0.05) is 6.07 Å². The molecule has 1 saturated heterocycles. The number of nitrogens with one attached hydrogen (secondary N) is 1. The zero-order chi connectivity index (χ0) is 13.9. The maximum Gasteiger partial charge on any atom is 0.254 e. The second-order valence-corrected chi connectivity index (χ2v) is 5.93. The van der Waals surface area contributed by atoms with Gasteiger partial charge in [-0.3, -0.25) is 4.79 Å². The highest BCUT2D eigenvalue weighted by molar-refractivity contribution is 5.95. The lowest BCUT2D eigenvalue weighted by molar-refractivity contribution is 0.0701. The minimum Gasteiger partial charge on any atom is -0.508 e. The Labute approximate surface area is 119 Å². The Morgan fingerprint density at radius 2 is 2.00 bits per heavy atom. The zero-order valence-electron chi connectivity index (χ0n) is 11.7. The van der Waals surface area contributed by atoms with Crippen LogP contribution in [0.3, 0.4) is 0 Å². The Bertz CT molecular complexity index is 479. The highest BCUT2D eigenvalue weighted by atomic mass is 16.3. The maximum absolute atomic E-state index is 12.7. The topological polar surface area (TPSA) is 52.6 Å². The molecule has 3 rings (SSSR count). The second kappa shape index (κ2) is 5.83. The normalized spacial score (nSPS) is 19.8. The molecule has 1 aliphatic heterocycles. The summed E-state index contributed by atoms with van der Waals surface area (Å²) in [6, 6.07) is 7.11. The van der Waals surface area contributed by atoms with Crippen LogP contribution in [0.2, 0.25) is 0 Å². The largest absolute Gasteiger partial charge is 0.508 e. The van der Waals surface area contributed by atoms with Gasteiger partial charge < -0.3 is 15.3 Å². The van der Waals surface area contributed by atoms with E-state index >= 15 is 0 Å². The van der Waals surface area contributed by atoms with E-state index in [2.05, 4.69) is 5.32 Å². The Morgan fingerprint density at radius 1 is 1.25 bits per heavy atom. The van der Waals surface area contributed by atoms with Gasteiger partial charge in [-0.2, -0.15) is 0 Å². The lowest BCUT2D eigenvalue weighted by Crippen LogP contribution is -2.40. The summed E-state index contributed by atoms with van der Waals surface area (Å²) in [5.74, 6) is 0.841. The van der Waals surface area contributed by atoms with Crippen LogP contribution in [0.5, 0.6) is 5.75 Å². The van der Waals surface area contributed by atoms with Crippen LogP contribution in [0.25, 0.3) is 0 Å². The maximum atomic E-state index is 12.7. The molecular weight excluding hydrogens is 252 g/mol. The molecule has 108 valence electrons. The van der Waals surface area contributed by atoms with E-state index in [1.165, 1.54) is 0 Å². The van der Waals surface area contributed by atoms with Gasteiger partial charge in [0.25, 0.3) is 5.91 Å². The minimum atomic E-state index is 0.0712. The van der Waals surface area contributed by atoms with Crippen LogP contribution in [-0.2, 0) is 0 Å². The molecule has 0 unspecified atom stereocenters. The van der Waals surface area contributed by atoms with Crippen LogP contribution in [0.4, 0.5) is 0 Å². The fourth-order valence-electron chi connectivity index (χ4n) is 2.93. The molecule has 1 saturated carbocycles. The predicted molar refractivity (Wildman–Crippen MR) is 77.8 cm³/mol. The van der Waals surface area contributed by atoms with E-state index in [0.29, 0.717) is 17.5 Å². The summed E-state index contributed by atoms with van der Waals surface area (Å²) in [6.07, 6.45) is 4.54. The molecular formula is C16H22N2O2. The van der Waals surface area contributed by atoms with Gasteiger partial charge in [0, 0.05) is 18.2 Å². The molecule has 4 nitrogen and oxygen atoms in total. The van der Waals surface area contributed by atoms with Gasteiger partial charge in [-0.05, 0) is 62.9 Å². The van der Waals surface area contributed by atoms with Crippen molar-refractivity contribution in [3.63, 3.8) is 0 Å². The van der Waals surface area contributed by atoms with Crippen LogP contribution >= 0.6 is 0 Å². The summed E-state index contributed by atoms with van der Waals surface area (Å²) in [5, 5.41) is 12.9. The molecule has 1 heterocycles. The van der Waals surface area contributed by atoms with Crippen molar-refractivity contribution >= 4 is 5.91 Å². The van der Waals surface area contributed by atoms with Crippen molar-refractivity contribution < 1.29 is 9.90 Å². The summed E-state index contributed by atoms with van der Waals surface area (Å²) in [5.41, 5.74) is 0.603. The number of carbonyl (C=O) groups is 1. The molecule has 1 aromatic carbocycles. The first-order chi connectivity index (χ1) is 9.74. The average Bonchev–Trinajstić information content (AvgIpc) is 3.30. The molecule has 2 fully saturated rings. The van der Waals surface area contributed by atoms with Crippen LogP contribution < -0.4 is 5.32 Å². The monoisotopic (exact) mass is 274 g/mol. The van der Waals surface area contributed by atoms with E-state index < -0.39 is 0 Å². The first-order valence-corrected chi connectivity index (χ1v) is 7.55. The van der Waals surface area contributed by atoms with Crippen molar-refractivity contribution in [2.45, 2.75) is 31.7 Å². The van der Waals surface area contributed by atoms with Gasteiger partial charge in [0.2, 0.25) is 0 Å². The number of phenols is 1. The van der Waals surface area contributed by atoms with Gasteiger partial charge in [0.1, 0.15) is 5.75 Å². The van der Waals surface area contributed by atoms with Crippen molar-refractivity contribution in [1.82, 2.24) is 10.2 Å². The molecule has 0 bridgehead atoms. The van der Waals surface area contributed by atoms with Crippen molar-refractivity contribution in [2.24, 2.45) is 5.92 Å². The molecule has 0 atom stereocenters. The highest BCUT2D eigenvalue weighted by Gasteiger charge is 2.34. The summed E-state index contributed by atoms with van der Waals surface area (Å²) in [6.45, 7) is 2.98. The van der Waals surface area contributed by atoms with E-state index in [1.54, 1.807) is 24.3 Å². The van der Waals surface area contributed by atoms with Crippen LogP contribution in [0, 0.1) is 5.92 Å². The quantitative estimate of drug-likeness (QED) is 0.883. The van der Waals surface area contributed by atoms with Crippen molar-refractivity contribution in [3.8, 4) is 5.75 Å². The van der Waals surface area contributed by atoms with E-state index in [4.69, 9.17) is 0 Å². The molecule has 0 radical (unpaired) electrons. The zero-order valence-corrected chi connectivity index (χ0v) is 11.7. The van der Waals surface area contributed by atoms with Gasteiger partial charge >= 0.3 is 0 Å². The molecule has 20 heavy (non-hydrogen) atoms. The molecule has 2 N–H and O–H groups in total. The average molecular weight is 274 g/mol. The highest BCUT2D eigenvalue weighted by Crippen LogP contribution is 2.30. The van der Waals surface area contributed by atoms with Crippen molar-refractivity contribution in [1.29, 1.82) is 0 Å². The summed E-state index contributed by atoms with van der Waals surface area (Å²) >= 11 is 0. The number of piperidine rings is 1. The number of nitrogens with zero attached hydrogens (tertiary/aromatic N) is 1. The third-order valence-electron chi connectivity index (χ3n) is 4.26. The number of carbonyl (C=O) groups excluding carboxylic acids is 1. The number of amides is 1. The lowest BCUT2D eigenvalue weighted by Gasteiger charge is -2.30. The second-order valence-electron chi connectivity index (χ2n) is 5.93. The molecule has 0 spiro atoms. The number of benzene rings is 1. The lowest BCUT2D eigenvalue weighted by atomic mass is 9.97. The van der Waals surface area contributed by atoms with Crippen molar-refractivity contribution in [3.05, 3.63) is 29.8 Å². The minimum absolute atomic E-state index is 0.0712. The number of aromatic hydroxyl groups is 1. The molecule has 1 aliphatic carbocycles. The van der Waals surface area contributed by atoms with Gasteiger partial charge in [0.15, 0.2) is 0 Å².